The van der Waals surface area contributed by atoms with Crippen LogP contribution in [0.1, 0.15) is 41.4 Å². The highest BCUT2D eigenvalue weighted by atomic mass is 16.7. The van der Waals surface area contributed by atoms with Gasteiger partial charge >= 0.3 is 5.97 Å². The van der Waals surface area contributed by atoms with Crippen molar-refractivity contribution in [1.29, 1.82) is 0 Å². The van der Waals surface area contributed by atoms with Crippen LogP contribution in [0.4, 0.5) is 0 Å². The van der Waals surface area contributed by atoms with E-state index in [9.17, 15) is 9.59 Å². The van der Waals surface area contributed by atoms with Crippen LogP contribution in [0.3, 0.4) is 0 Å². The largest absolute Gasteiger partial charge is 0.454 e. The maximum atomic E-state index is 12.1. The fourth-order valence-corrected chi connectivity index (χ4v) is 2.64. The molecule has 6 heteroatoms. The van der Waals surface area contributed by atoms with Crippen molar-refractivity contribution in [3.05, 3.63) is 59.2 Å². The van der Waals surface area contributed by atoms with Crippen LogP contribution in [-0.4, -0.2) is 25.3 Å². The second-order valence-corrected chi connectivity index (χ2v) is 6.03. The number of hydrogen-bond donors (Lipinski definition) is 1. The Kier molecular flexibility index (Phi) is 5.41. The van der Waals surface area contributed by atoms with Crippen molar-refractivity contribution >= 4 is 11.9 Å². The molecule has 0 radical (unpaired) electrons. The third kappa shape index (κ3) is 4.14. The van der Waals surface area contributed by atoms with Gasteiger partial charge in [-0.25, -0.2) is 4.79 Å². The van der Waals surface area contributed by atoms with E-state index in [2.05, 4.69) is 5.32 Å². The zero-order valence-electron chi connectivity index (χ0n) is 14.8. The van der Waals surface area contributed by atoms with Crippen LogP contribution in [0.15, 0.2) is 42.5 Å². The summed E-state index contributed by atoms with van der Waals surface area (Å²) in [7, 11) is 0. The molecule has 136 valence electrons. The minimum absolute atomic E-state index is 0.203. The predicted octanol–water partition coefficient (Wildman–Crippen LogP) is 3.01. The average Bonchev–Trinajstić information content (AvgIpc) is 3.14. The maximum Gasteiger partial charge on any atom is 0.338 e. The maximum absolute atomic E-state index is 12.1. The fraction of sp³-hybridized carbons (Fsp3) is 0.300. The molecule has 1 heterocycles. The molecule has 1 aliphatic heterocycles. The first kappa shape index (κ1) is 17.8. The van der Waals surface area contributed by atoms with Gasteiger partial charge in [-0.2, -0.15) is 0 Å². The van der Waals surface area contributed by atoms with Crippen molar-refractivity contribution in [2.45, 2.75) is 26.3 Å². The van der Waals surface area contributed by atoms with E-state index in [1.807, 2.05) is 38.1 Å². The summed E-state index contributed by atoms with van der Waals surface area (Å²) in [6.07, 6.45) is 0.898. The lowest BCUT2D eigenvalue weighted by Crippen LogP contribution is -2.31. The molecule has 0 spiro atoms. The Hall–Kier alpha value is -3.02. The number of fused-ring (bicyclic) bond motifs is 1. The van der Waals surface area contributed by atoms with Gasteiger partial charge in [-0.15, -0.1) is 0 Å². The summed E-state index contributed by atoms with van der Waals surface area (Å²) >= 11 is 0. The van der Waals surface area contributed by atoms with Crippen LogP contribution in [0.5, 0.6) is 11.5 Å². The predicted molar refractivity (Wildman–Crippen MR) is 95.2 cm³/mol. The monoisotopic (exact) mass is 355 g/mol. The molecule has 1 amide bonds. The summed E-state index contributed by atoms with van der Waals surface area (Å²) in [4.78, 5) is 24.1. The zero-order chi connectivity index (χ0) is 18.5. The molecule has 2 aromatic rings. The lowest BCUT2D eigenvalue weighted by molar-refractivity contribution is -0.124. The van der Waals surface area contributed by atoms with E-state index in [0.717, 1.165) is 17.5 Å². The molecule has 0 aliphatic carbocycles. The number of amides is 1. The molecule has 1 atom stereocenters. The molecule has 0 aromatic heterocycles. The summed E-state index contributed by atoms with van der Waals surface area (Å²) in [5, 5.41) is 2.80. The van der Waals surface area contributed by atoms with Gasteiger partial charge in [-0.3, -0.25) is 4.79 Å². The first-order valence-electron chi connectivity index (χ1n) is 8.51. The highest BCUT2D eigenvalue weighted by Gasteiger charge is 2.17. The number of rotatable bonds is 6. The van der Waals surface area contributed by atoms with Crippen LogP contribution in [0.25, 0.3) is 0 Å². The molecule has 1 aliphatic rings. The highest BCUT2D eigenvalue weighted by Crippen LogP contribution is 2.34. The smallest absolute Gasteiger partial charge is 0.338 e. The molecule has 0 fully saturated rings. The Bertz CT molecular complexity index is 800. The highest BCUT2D eigenvalue weighted by molar-refractivity contribution is 5.91. The number of benzene rings is 2. The van der Waals surface area contributed by atoms with E-state index in [0.29, 0.717) is 17.1 Å². The second-order valence-electron chi connectivity index (χ2n) is 6.03. The Labute approximate surface area is 152 Å². The first-order chi connectivity index (χ1) is 12.6. The van der Waals surface area contributed by atoms with Crippen LogP contribution < -0.4 is 14.8 Å². The number of esters is 1. The van der Waals surface area contributed by atoms with Gasteiger partial charge < -0.3 is 19.5 Å². The van der Waals surface area contributed by atoms with Crippen molar-refractivity contribution in [3.63, 3.8) is 0 Å². The normalized spacial score (nSPS) is 13.2. The summed E-state index contributed by atoms with van der Waals surface area (Å²) < 4.78 is 15.7. The van der Waals surface area contributed by atoms with Gasteiger partial charge in [0.2, 0.25) is 6.79 Å². The number of aryl methyl sites for hydroxylation is 1. The average molecular weight is 355 g/mol. The summed E-state index contributed by atoms with van der Waals surface area (Å²) in [5.74, 6) is 0.466. The van der Waals surface area contributed by atoms with Gasteiger partial charge in [0.1, 0.15) is 0 Å². The van der Waals surface area contributed by atoms with Crippen molar-refractivity contribution in [2.24, 2.45) is 0 Å². The lowest BCUT2D eigenvalue weighted by atomic mass is 10.1. The molecule has 6 nitrogen and oxygen atoms in total. The summed E-state index contributed by atoms with van der Waals surface area (Å²) in [6, 6.07) is 12.4. The second kappa shape index (κ2) is 7.91. The van der Waals surface area contributed by atoms with Gasteiger partial charge in [0.25, 0.3) is 5.91 Å². The first-order valence-corrected chi connectivity index (χ1v) is 8.51. The van der Waals surface area contributed by atoms with Gasteiger partial charge in [-0.1, -0.05) is 25.1 Å². The Morgan fingerprint density at radius 1 is 1.12 bits per heavy atom. The van der Waals surface area contributed by atoms with Gasteiger partial charge in [-0.05, 0) is 48.7 Å². The molecular weight excluding hydrogens is 334 g/mol. The molecule has 3 rings (SSSR count). The number of ether oxygens (including phenoxy) is 3. The van der Waals surface area contributed by atoms with Crippen LogP contribution in [-0.2, 0) is 16.0 Å². The minimum Gasteiger partial charge on any atom is -0.454 e. The quantitative estimate of drug-likeness (QED) is 0.807. The fourth-order valence-electron chi connectivity index (χ4n) is 2.64. The van der Waals surface area contributed by atoms with Crippen LogP contribution in [0, 0.1) is 0 Å². The van der Waals surface area contributed by atoms with Gasteiger partial charge in [0.05, 0.1) is 11.6 Å². The molecule has 2 aromatic carbocycles. The van der Waals surface area contributed by atoms with E-state index in [1.54, 1.807) is 18.2 Å². The van der Waals surface area contributed by atoms with E-state index in [1.165, 1.54) is 0 Å². The number of carbonyl (C=O) groups is 2. The number of hydrogen-bond acceptors (Lipinski definition) is 5. The van der Waals surface area contributed by atoms with Crippen LogP contribution in [0.2, 0.25) is 0 Å². The molecule has 0 saturated carbocycles. The SMILES string of the molecule is CCc1ccc(C(=O)OCC(=O)N[C@@H](C)c2ccc3c(c2)OCO3)cc1. The Morgan fingerprint density at radius 3 is 2.58 bits per heavy atom. The van der Waals surface area contributed by atoms with Crippen molar-refractivity contribution < 1.29 is 23.8 Å². The molecule has 26 heavy (non-hydrogen) atoms. The van der Waals surface area contributed by atoms with Crippen molar-refractivity contribution in [1.82, 2.24) is 5.32 Å². The molecule has 0 unspecified atom stereocenters. The Balaban J connectivity index is 1.51. The zero-order valence-corrected chi connectivity index (χ0v) is 14.8. The molecular formula is C20H21NO5. The summed E-state index contributed by atoms with van der Waals surface area (Å²) in [5.41, 5.74) is 2.44. The van der Waals surface area contributed by atoms with Gasteiger partial charge in [0, 0.05) is 0 Å². The number of nitrogens with one attached hydrogen (secondary N) is 1. The van der Waals surface area contributed by atoms with E-state index < -0.39 is 5.97 Å². The lowest BCUT2D eigenvalue weighted by Gasteiger charge is -2.15. The molecule has 1 N–H and O–H groups in total. The molecule has 0 bridgehead atoms. The topological polar surface area (TPSA) is 73.9 Å². The van der Waals surface area contributed by atoms with E-state index >= 15 is 0 Å². The third-order valence-electron chi connectivity index (χ3n) is 4.21. The van der Waals surface area contributed by atoms with Crippen LogP contribution >= 0.6 is 0 Å². The van der Waals surface area contributed by atoms with E-state index in [-0.39, 0.29) is 25.3 Å². The minimum atomic E-state index is -0.515. The van der Waals surface area contributed by atoms with E-state index in [4.69, 9.17) is 14.2 Å². The van der Waals surface area contributed by atoms with Crippen molar-refractivity contribution in [3.8, 4) is 11.5 Å². The third-order valence-corrected chi connectivity index (χ3v) is 4.21. The standard InChI is InChI=1S/C20H21NO5/c1-3-14-4-6-15(7-5-14)20(23)24-11-19(22)21-13(2)16-8-9-17-18(10-16)26-12-25-17/h4-10,13H,3,11-12H2,1-2H3,(H,21,22)/t13-/m0/s1. The van der Waals surface area contributed by atoms with Crippen molar-refractivity contribution in [2.75, 3.05) is 13.4 Å². The van der Waals surface area contributed by atoms with Gasteiger partial charge in [0.15, 0.2) is 18.1 Å². The molecule has 0 saturated heterocycles. The summed E-state index contributed by atoms with van der Waals surface area (Å²) in [6.45, 7) is 3.76. The number of carbonyl (C=O) groups excluding carboxylic acids is 2. The Morgan fingerprint density at radius 2 is 1.85 bits per heavy atom.